The number of benzene rings is 1. The number of para-hydroxylation sites is 1. The highest BCUT2D eigenvalue weighted by molar-refractivity contribution is 6.00. The van der Waals surface area contributed by atoms with E-state index in [4.69, 9.17) is 0 Å². The zero-order chi connectivity index (χ0) is 10.7. The molecule has 2 rings (SSSR count). The summed E-state index contributed by atoms with van der Waals surface area (Å²) >= 11 is 0. The molecule has 0 aliphatic carbocycles. The predicted molar refractivity (Wildman–Crippen MR) is 55.7 cm³/mol. The molecular weight excluding hydrogens is 192 g/mol. The lowest BCUT2D eigenvalue weighted by atomic mass is 10.1. The van der Waals surface area contributed by atoms with Gasteiger partial charge in [-0.05, 0) is 19.1 Å². The third-order valence-corrected chi connectivity index (χ3v) is 1.97. The molecule has 0 radical (unpaired) electrons. The Morgan fingerprint density at radius 1 is 1.27 bits per heavy atom. The van der Waals surface area contributed by atoms with Crippen LogP contribution in [0.5, 0.6) is 5.75 Å². The van der Waals surface area contributed by atoms with Crippen molar-refractivity contribution in [3.8, 4) is 5.75 Å². The monoisotopic (exact) mass is 202 g/mol. The van der Waals surface area contributed by atoms with E-state index in [1.54, 1.807) is 18.2 Å². The Hall–Kier alpha value is -2.17. The molecule has 0 unspecified atom stereocenters. The maximum Gasteiger partial charge on any atom is 0.141 e. The Labute approximate surface area is 86.7 Å². The van der Waals surface area contributed by atoms with Crippen LogP contribution in [0.4, 0.5) is 0 Å². The number of hydrogen-bond donors (Lipinski definition) is 1. The van der Waals surface area contributed by atoms with Crippen molar-refractivity contribution in [2.24, 2.45) is 5.10 Å². The number of nitrogens with zero attached hydrogens (tertiary/aromatic N) is 4. The molecule has 0 saturated heterocycles. The number of phenolic OH excluding ortho intramolecular Hbond substituents is 1. The number of phenols is 1. The fraction of sp³-hybridized carbons (Fsp3) is 0.100. The average molecular weight is 202 g/mol. The molecule has 0 saturated carbocycles. The molecule has 1 heterocycles. The second-order valence-corrected chi connectivity index (χ2v) is 3.04. The van der Waals surface area contributed by atoms with E-state index in [0.29, 0.717) is 11.3 Å². The minimum Gasteiger partial charge on any atom is -0.507 e. The quantitative estimate of drug-likeness (QED) is 0.745. The van der Waals surface area contributed by atoms with E-state index in [1.165, 1.54) is 17.3 Å². The molecule has 0 fully saturated rings. The van der Waals surface area contributed by atoms with Gasteiger partial charge in [0.2, 0.25) is 0 Å². The summed E-state index contributed by atoms with van der Waals surface area (Å²) < 4.78 is 1.49. The van der Waals surface area contributed by atoms with Crippen molar-refractivity contribution in [1.82, 2.24) is 14.9 Å². The average Bonchev–Trinajstić information content (AvgIpc) is 2.71. The van der Waals surface area contributed by atoms with Gasteiger partial charge in [0.05, 0.1) is 5.71 Å². The van der Waals surface area contributed by atoms with Crippen LogP contribution in [0.3, 0.4) is 0 Å². The summed E-state index contributed by atoms with van der Waals surface area (Å²) in [4.78, 5) is 0. The number of hydrogen-bond acceptors (Lipinski definition) is 4. The van der Waals surface area contributed by atoms with Crippen molar-refractivity contribution in [3.63, 3.8) is 0 Å². The van der Waals surface area contributed by atoms with Crippen LogP contribution in [0, 0.1) is 0 Å². The molecule has 15 heavy (non-hydrogen) atoms. The molecule has 1 N–H and O–H groups in total. The molecular formula is C10H10N4O. The van der Waals surface area contributed by atoms with Gasteiger partial charge in [0.15, 0.2) is 0 Å². The van der Waals surface area contributed by atoms with Gasteiger partial charge in [-0.2, -0.15) is 5.10 Å². The van der Waals surface area contributed by atoms with Crippen LogP contribution in [0.25, 0.3) is 0 Å². The summed E-state index contributed by atoms with van der Waals surface area (Å²) in [5, 5.41) is 21.1. The SMILES string of the molecule is CC(=Nn1cnnc1)c1ccccc1O. The molecule has 0 aliphatic heterocycles. The lowest BCUT2D eigenvalue weighted by Crippen LogP contribution is -1.98. The third kappa shape index (κ3) is 2.01. The lowest BCUT2D eigenvalue weighted by molar-refractivity contribution is 0.474. The van der Waals surface area contributed by atoms with Gasteiger partial charge in [-0.1, -0.05) is 12.1 Å². The fourth-order valence-corrected chi connectivity index (χ4v) is 1.25. The van der Waals surface area contributed by atoms with Crippen LogP contribution in [0.15, 0.2) is 42.0 Å². The molecule has 5 nitrogen and oxygen atoms in total. The third-order valence-electron chi connectivity index (χ3n) is 1.97. The molecule has 5 heteroatoms. The Bertz CT molecular complexity index is 476. The lowest BCUT2D eigenvalue weighted by Gasteiger charge is -2.02. The highest BCUT2D eigenvalue weighted by Gasteiger charge is 2.02. The Morgan fingerprint density at radius 3 is 2.60 bits per heavy atom. The van der Waals surface area contributed by atoms with E-state index < -0.39 is 0 Å². The molecule has 0 spiro atoms. The van der Waals surface area contributed by atoms with E-state index in [1.807, 2.05) is 13.0 Å². The molecule has 0 amide bonds. The summed E-state index contributed by atoms with van der Waals surface area (Å²) in [5.41, 5.74) is 1.40. The number of aromatic nitrogens is 3. The fourth-order valence-electron chi connectivity index (χ4n) is 1.25. The van der Waals surface area contributed by atoms with Crippen molar-refractivity contribution in [2.75, 3.05) is 0 Å². The minimum atomic E-state index is 0.215. The van der Waals surface area contributed by atoms with E-state index in [0.717, 1.165) is 0 Å². The first-order valence-electron chi connectivity index (χ1n) is 4.46. The Balaban J connectivity index is 2.36. The summed E-state index contributed by atoms with van der Waals surface area (Å²) in [6, 6.07) is 7.05. The van der Waals surface area contributed by atoms with Crippen LogP contribution in [0.1, 0.15) is 12.5 Å². The summed E-state index contributed by atoms with van der Waals surface area (Å²) in [6.07, 6.45) is 2.98. The molecule has 0 bridgehead atoms. The molecule has 76 valence electrons. The van der Waals surface area contributed by atoms with Crippen molar-refractivity contribution < 1.29 is 5.11 Å². The van der Waals surface area contributed by atoms with Crippen molar-refractivity contribution in [3.05, 3.63) is 42.5 Å². The smallest absolute Gasteiger partial charge is 0.141 e. The number of aromatic hydroxyl groups is 1. The second-order valence-electron chi connectivity index (χ2n) is 3.04. The first kappa shape index (κ1) is 9.39. The van der Waals surface area contributed by atoms with E-state index in [2.05, 4.69) is 15.3 Å². The van der Waals surface area contributed by atoms with Crippen molar-refractivity contribution in [2.45, 2.75) is 6.92 Å². The van der Waals surface area contributed by atoms with Crippen LogP contribution < -0.4 is 0 Å². The zero-order valence-corrected chi connectivity index (χ0v) is 8.20. The predicted octanol–water partition coefficient (Wildman–Crippen LogP) is 1.26. The summed E-state index contributed by atoms with van der Waals surface area (Å²) in [5.74, 6) is 0.215. The van der Waals surface area contributed by atoms with Crippen molar-refractivity contribution in [1.29, 1.82) is 0 Å². The van der Waals surface area contributed by atoms with Gasteiger partial charge >= 0.3 is 0 Å². The van der Waals surface area contributed by atoms with E-state index >= 15 is 0 Å². The van der Waals surface area contributed by atoms with Gasteiger partial charge < -0.3 is 5.11 Å². The molecule has 0 atom stereocenters. The minimum absolute atomic E-state index is 0.215. The zero-order valence-electron chi connectivity index (χ0n) is 8.20. The van der Waals surface area contributed by atoms with Crippen LogP contribution in [-0.2, 0) is 0 Å². The van der Waals surface area contributed by atoms with Gasteiger partial charge in [0.1, 0.15) is 18.4 Å². The second kappa shape index (κ2) is 3.91. The Kier molecular flexibility index (Phi) is 2.45. The Morgan fingerprint density at radius 2 is 1.93 bits per heavy atom. The topological polar surface area (TPSA) is 63.3 Å². The molecule has 2 aromatic rings. The van der Waals surface area contributed by atoms with Crippen LogP contribution in [0.2, 0.25) is 0 Å². The summed E-state index contributed by atoms with van der Waals surface area (Å²) in [6.45, 7) is 1.81. The van der Waals surface area contributed by atoms with Gasteiger partial charge in [-0.3, -0.25) is 0 Å². The standard InChI is InChI=1S/C10H10N4O/c1-8(13-14-6-11-12-7-14)9-4-2-3-5-10(9)15/h2-7,15H,1H3. The van der Waals surface area contributed by atoms with E-state index in [-0.39, 0.29) is 5.75 Å². The molecule has 1 aromatic carbocycles. The first-order chi connectivity index (χ1) is 7.27. The highest BCUT2D eigenvalue weighted by atomic mass is 16.3. The normalized spacial score (nSPS) is 11.7. The largest absolute Gasteiger partial charge is 0.507 e. The highest BCUT2D eigenvalue weighted by Crippen LogP contribution is 2.16. The van der Waals surface area contributed by atoms with Gasteiger partial charge in [-0.25, -0.2) is 4.68 Å². The summed E-state index contributed by atoms with van der Waals surface area (Å²) in [7, 11) is 0. The van der Waals surface area contributed by atoms with Gasteiger partial charge in [-0.15, -0.1) is 10.2 Å². The van der Waals surface area contributed by atoms with Gasteiger partial charge in [0, 0.05) is 5.56 Å². The van der Waals surface area contributed by atoms with Crippen LogP contribution in [-0.4, -0.2) is 25.7 Å². The van der Waals surface area contributed by atoms with Crippen molar-refractivity contribution >= 4 is 5.71 Å². The van der Waals surface area contributed by atoms with Crippen LogP contribution >= 0.6 is 0 Å². The first-order valence-corrected chi connectivity index (χ1v) is 4.46. The maximum absolute atomic E-state index is 9.59. The maximum atomic E-state index is 9.59. The van der Waals surface area contributed by atoms with Gasteiger partial charge in [0.25, 0.3) is 0 Å². The molecule has 1 aromatic heterocycles. The number of rotatable bonds is 2. The van der Waals surface area contributed by atoms with E-state index in [9.17, 15) is 5.11 Å². The molecule has 0 aliphatic rings.